The van der Waals surface area contributed by atoms with Gasteiger partial charge in [0, 0.05) is 16.6 Å². The summed E-state index contributed by atoms with van der Waals surface area (Å²) in [5.74, 6) is -0.684. The zero-order chi connectivity index (χ0) is 20.8. The van der Waals surface area contributed by atoms with Gasteiger partial charge in [0.25, 0.3) is 0 Å². The molecule has 4 nitrogen and oxygen atoms in total. The molecule has 1 aromatic heterocycles. The van der Waals surface area contributed by atoms with Crippen LogP contribution in [0.3, 0.4) is 0 Å². The topological polar surface area (TPSA) is 56.3 Å². The minimum Gasteiger partial charge on any atom is -0.454 e. The Morgan fingerprint density at radius 3 is 2.41 bits per heavy atom. The van der Waals surface area contributed by atoms with Crippen LogP contribution >= 0.6 is 0 Å². The number of esters is 1. The van der Waals surface area contributed by atoms with Gasteiger partial charge >= 0.3 is 5.97 Å². The number of aromatic nitrogens is 1. The fourth-order valence-electron chi connectivity index (χ4n) is 3.49. The Balaban J connectivity index is 1.75. The molecule has 0 amide bonds. The molecule has 0 radical (unpaired) electrons. The molecular formula is C25H27NO3. The SMILES string of the molecule is CCCCc1ccc(C(=O)COC(=O)c2c(C)c(CC)nc3ccccc23)cc1. The van der Waals surface area contributed by atoms with E-state index in [0.29, 0.717) is 11.1 Å². The normalized spacial score (nSPS) is 10.9. The molecule has 0 saturated carbocycles. The van der Waals surface area contributed by atoms with Gasteiger partial charge in [0.05, 0.1) is 11.1 Å². The smallest absolute Gasteiger partial charge is 0.339 e. The molecule has 1 heterocycles. The van der Waals surface area contributed by atoms with Crippen molar-refractivity contribution in [2.45, 2.75) is 46.5 Å². The van der Waals surface area contributed by atoms with Crippen molar-refractivity contribution in [2.75, 3.05) is 6.61 Å². The lowest BCUT2D eigenvalue weighted by atomic mass is 10.0. The molecule has 0 spiro atoms. The number of hydrogen-bond acceptors (Lipinski definition) is 4. The average molecular weight is 389 g/mol. The van der Waals surface area contributed by atoms with Gasteiger partial charge in [-0.25, -0.2) is 4.79 Å². The molecule has 3 aromatic rings. The molecule has 29 heavy (non-hydrogen) atoms. The summed E-state index contributed by atoms with van der Waals surface area (Å²) < 4.78 is 5.41. The molecule has 0 aliphatic heterocycles. The summed E-state index contributed by atoms with van der Waals surface area (Å²) in [4.78, 5) is 30.0. The molecule has 0 N–H and O–H groups in total. The number of nitrogens with zero attached hydrogens (tertiary/aromatic N) is 1. The van der Waals surface area contributed by atoms with Crippen LogP contribution < -0.4 is 0 Å². The number of Topliss-reactive ketones (excluding diaryl/α,β-unsaturated/α-hetero) is 1. The quantitative estimate of drug-likeness (QED) is 0.378. The second-order valence-corrected chi connectivity index (χ2v) is 7.23. The van der Waals surface area contributed by atoms with Gasteiger partial charge in [-0.05, 0) is 43.4 Å². The van der Waals surface area contributed by atoms with E-state index in [2.05, 4.69) is 11.9 Å². The third kappa shape index (κ3) is 4.70. The number of hydrogen-bond donors (Lipinski definition) is 0. The molecule has 0 bridgehead atoms. The summed E-state index contributed by atoms with van der Waals surface area (Å²) in [5, 5.41) is 0.750. The monoisotopic (exact) mass is 389 g/mol. The lowest BCUT2D eigenvalue weighted by molar-refractivity contribution is 0.0476. The van der Waals surface area contributed by atoms with E-state index in [0.717, 1.165) is 47.8 Å². The van der Waals surface area contributed by atoms with E-state index in [1.807, 2.05) is 62.4 Å². The number of carbonyl (C=O) groups excluding carboxylic acids is 2. The van der Waals surface area contributed by atoms with Crippen LogP contribution in [0.5, 0.6) is 0 Å². The van der Waals surface area contributed by atoms with Gasteiger partial charge in [-0.3, -0.25) is 9.78 Å². The summed E-state index contributed by atoms with van der Waals surface area (Å²) in [7, 11) is 0. The maximum Gasteiger partial charge on any atom is 0.339 e. The van der Waals surface area contributed by atoms with Crippen molar-refractivity contribution in [1.82, 2.24) is 4.98 Å². The molecule has 4 heteroatoms. The molecular weight excluding hydrogens is 362 g/mol. The van der Waals surface area contributed by atoms with Crippen molar-refractivity contribution >= 4 is 22.7 Å². The van der Waals surface area contributed by atoms with Gasteiger partial charge in [0.15, 0.2) is 12.4 Å². The first-order valence-corrected chi connectivity index (χ1v) is 10.2. The molecule has 150 valence electrons. The summed E-state index contributed by atoms with van der Waals surface area (Å²) in [6, 6.07) is 15.1. The van der Waals surface area contributed by atoms with E-state index in [1.54, 1.807) is 0 Å². The number of benzene rings is 2. The van der Waals surface area contributed by atoms with Crippen LogP contribution in [-0.2, 0) is 17.6 Å². The predicted octanol–water partition coefficient (Wildman–Crippen LogP) is 5.49. The molecule has 0 unspecified atom stereocenters. The largest absolute Gasteiger partial charge is 0.454 e. The number of pyridine rings is 1. The average Bonchev–Trinajstić information content (AvgIpc) is 2.75. The number of para-hydroxylation sites is 1. The van der Waals surface area contributed by atoms with Crippen LogP contribution in [0.2, 0.25) is 0 Å². The second-order valence-electron chi connectivity index (χ2n) is 7.23. The Labute approximate surface area is 171 Å². The first-order chi connectivity index (χ1) is 14.0. The fourth-order valence-corrected chi connectivity index (χ4v) is 3.49. The van der Waals surface area contributed by atoms with Gasteiger partial charge in [-0.15, -0.1) is 0 Å². The van der Waals surface area contributed by atoms with Crippen LogP contribution in [0.15, 0.2) is 48.5 Å². The Morgan fingerprint density at radius 2 is 1.72 bits per heavy atom. The number of ketones is 1. The van der Waals surface area contributed by atoms with Crippen molar-refractivity contribution in [3.05, 3.63) is 76.5 Å². The lowest BCUT2D eigenvalue weighted by Crippen LogP contribution is -2.16. The zero-order valence-corrected chi connectivity index (χ0v) is 17.3. The Morgan fingerprint density at radius 1 is 1.00 bits per heavy atom. The Kier molecular flexibility index (Phi) is 6.76. The number of aryl methyl sites for hydroxylation is 2. The first kappa shape index (κ1) is 20.7. The van der Waals surface area contributed by atoms with Crippen LogP contribution in [0.1, 0.15) is 64.2 Å². The molecule has 2 aromatic carbocycles. The third-order valence-corrected chi connectivity index (χ3v) is 5.20. The highest BCUT2D eigenvalue weighted by atomic mass is 16.5. The zero-order valence-electron chi connectivity index (χ0n) is 17.3. The van der Waals surface area contributed by atoms with Gasteiger partial charge in [-0.2, -0.15) is 0 Å². The van der Waals surface area contributed by atoms with Crippen LogP contribution in [0, 0.1) is 6.92 Å². The number of carbonyl (C=O) groups is 2. The van der Waals surface area contributed by atoms with E-state index >= 15 is 0 Å². The van der Waals surface area contributed by atoms with Crippen molar-refractivity contribution in [3.63, 3.8) is 0 Å². The minimum absolute atomic E-state index is 0.202. The Hall–Kier alpha value is -3.01. The molecule has 0 saturated heterocycles. The lowest BCUT2D eigenvalue weighted by Gasteiger charge is -2.13. The number of rotatable bonds is 8. The molecule has 0 atom stereocenters. The van der Waals surface area contributed by atoms with E-state index in [1.165, 1.54) is 5.56 Å². The third-order valence-electron chi connectivity index (χ3n) is 5.20. The molecule has 0 aliphatic carbocycles. The number of unbranched alkanes of at least 4 members (excludes halogenated alkanes) is 1. The van der Waals surface area contributed by atoms with E-state index in [9.17, 15) is 9.59 Å². The number of fused-ring (bicyclic) bond motifs is 1. The van der Waals surface area contributed by atoms with E-state index < -0.39 is 5.97 Å². The predicted molar refractivity (Wildman–Crippen MR) is 116 cm³/mol. The highest BCUT2D eigenvalue weighted by Crippen LogP contribution is 2.24. The molecule has 0 aliphatic rings. The van der Waals surface area contributed by atoms with E-state index in [4.69, 9.17) is 4.74 Å². The van der Waals surface area contributed by atoms with Gasteiger partial charge in [0.1, 0.15) is 0 Å². The first-order valence-electron chi connectivity index (χ1n) is 10.2. The molecule has 0 fully saturated rings. The highest BCUT2D eigenvalue weighted by Gasteiger charge is 2.19. The van der Waals surface area contributed by atoms with Crippen molar-refractivity contribution in [2.24, 2.45) is 0 Å². The van der Waals surface area contributed by atoms with Crippen LogP contribution in [-0.4, -0.2) is 23.3 Å². The minimum atomic E-state index is -0.483. The highest BCUT2D eigenvalue weighted by molar-refractivity contribution is 6.06. The van der Waals surface area contributed by atoms with Crippen molar-refractivity contribution in [1.29, 1.82) is 0 Å². The van der Waals surface area contributed by atoms with Crippen LogP contribution in [0.4, 0.5) is 0 Å². The number of ether oxygens (including phenoxy) is 1. The van der Waals surface area contributed by atoms with Crippen molar-refractivity contribution < 1.29 is 14.3 Å². The summed E-state index contributed by atoms with van der Waals surface area (Å²) in [6.07, 6.45) is 4.00. The van der Waals surface area contributed by atoms with Crippen molar-refractivity contribution in [3.8, 4) is 0 Å². The standard InChI is InChI=1S/C25H27NO3/c1-4-6-9-18-12-14-19(15-13-18)23(27)16-29-25(28)24-17(3)21(5-2)26-22-11-8-7-10-20(22)24/h7-8,10-15H,4-6,9,16H2,1-3H3. The Bertz CT molecular complexity index is 1020. The second kappa shape index (κ2) is 9.46. The molecule has 3 rings (SSSR count). The van der Waals surface area contributed by atoms with Crippen LogP contribution in [0.25, 0.3) is 10.9 Å². The van der Waals surface area contributed by atoms with Gasteiger partial charge < -0.3 is 4.74 Å². The van der Waals surface area contributed by atoms with E-state index in [-0.39, 0.29) is 12.4 Å². The summed E-state index contributed by atoms with van der Waals surface area (Å²) in [6.45, 7) is 5.77. The summed E-state index contributed by atoms with van der Waals surface area (Å²) >= 11 is 0. The van der Waals surface area contributed by atoms with Gasteiger partial charge in [-0.1, -0.05) is 62.7 Å². The maximum absolute atomic E-state index is 12.9. The maximum atomic E-state index is 12.9. The fraction of sp³-hybridized carbons (Fsp3) is 0.320. The summed E-state index contributed by atoms with van der Waals surface area (Å²) in [5.41, 5.74) is 4.70. The van der Waals surface area contributed by atoms with Gasteiger partial charge in [0.2, 0.25) is 0 Å².